The number of carbonyl (C=O) groups is 2. The number of nitriles is 1. The number of nitrogens with zero attached hydrogens (tertiary/aromatic N) is 8. The molecule has 4 heterocycles. The van der Waals surface area contributed by atoms with Crippen molar-refractivity contribution in [2.45, 2.75) is 175 Å². The molecule has 14 nitrogen and oxygen atoms in total. The van der Waals surface area contributed by atoms with Crippen LogP contribution in [0, 0.1) is 39.8 Å². The molecule has 3 aliphatic rings. The SMILES string of the molecule is CC(C)[Si](C#Cc1c(F)ccc2cc(O[Si](C(C)C)(C(C)C)C(C)C)cc(-c3ncc4c(N5CCN(C(=O)OCc6ccccc6)[C@@H](CC#N)C5)nc(OCC5(CN6CCN(C(=O)OC(C)(C)C)CC6)CC5)nc4c3F)c12)(C(C)C)C(C)C. The van der Waals surface area contributed by atoms with Crippen molar-refractivity contribution >= 4 is 56.1 Å². The van der Waals surface area contributed by atoms with E-state index in [4.69, 9.17) is 33.6 Å². The van der Waals surface area contributed by atoms with E-state index in [1.54, 1.807) is 22.1 Å². The number of fused-ring (bicyclic) bond motifs is 2. The Bertz CT molecular complexity index is 3210. The molecule has 5 aromatic rings. The van der Waals surface area contributed by atoms with Crippen molar-refractivity contribution in [1.82, 2.24) is 29.7 Å². The number of rotatable bonds is 18. The van der Waals surface area contributed by atoms with E-state index in [0.717, 1.165) is 24.9 Å². The summed E-state index contributed by atoms with van der Waals surface area (Å²) in [4.78, 5) is 49.1. The largest absolute Gasteiger partial charge is 0.543 e. The third kappa shape index (κ3) is 13.5. The van der Waals surface area contributed by atoms with Gasteiger partial charge in [-0.3, -0.25) is 9.88 Å². The molecule has 3 fully saturated rings. The highest BCUT2D eigenvalue weighted by molar-refractivity contribution is 6.90. The monoisotopic (exact) mass is 1170 g/mol. The zero-order valence-corrected chi connectivity index (χ0v) is 53.8. The van der Waals surface area contributed by atoms with Gasteiger partial charge in [-0.25, -0.2) is 18.4 Å². The minimum atomic E-state index is -2.60. The summed E-state index contributed by atoms with van der Waals surface area (Å²) in [6.45, 7) is 36.4. The van der Waals surface area contributed by atoms with E-state index in [2.05, 4.69) is 106 Å². The normalized spacial score (nSPS) is 17.0. The van der Waals surface area contributed by atoms with Gasteiger partial charge in [0.05, 0.1) is 36.1 Å². The predicted molar refractivity (Wildman–Crippen MR) is 331 cm³/mol. The molecule has 0 N–H and O–H groups in total. The molecule has 0 unspecified atom stereocenters. The van der Waals surface area contributed by atoms with E-state index in [1.807, 2.05) is 68.1 Å². The van der Waals surface area contributed by atoms with Crippen molar-refractivity contribution in [1.29, 1.82) is 5.26 Å². The van der Waals surface area contributed by atoms with Crippen LogP contribution in [0.15, 0.2) is 60.8 Å². The Balaban J connectivity index is 1.25. The van der Waals surface area contributed by atoms with Crippen molar-refractivity contribution in [2.75, 3.05) is 63.9 Å². The van der Waals surface area contributed by atoms with Crippen LogP contribution in [0.3, 0.4) is 0 Å². The lowest BCUT2D eigenvalue weighted by atomic mass is 9.95. The highest BCUT2D eigenvalue weighted by Gasteiger charge is 2.48. The summed E-state index contributed by atoms with van der Waals surface area (Å²) in [6, 6.07) is 18.0. The van der Waals surface area contributed by atoms with Gasteiger partial charge in [0.15, 0.2) is 5.82 Å². The minimum Gasteiger partial charge on any atom is -0.543 e. The molecular weight excluding hydrogens is 1080 g/mol. The van der Waals surface area contributed by atoms with Gasteiger partial charge in [0.1, 0.15) is 48.9 Å². The smallest absolute Gasteiger partial charge is 0.410 e. The highest BCUT2D eigenvalue weighted by atomic mass is 28.4. The van der Waals surface area contributed by atoms with E-state index in [1.165, 1.54) is 6.07 Å². The van der Waals surface area contributed by atoms with Gasteiger partial charge in [0.25, 0.3) is 8.32 Å². The van der Waals surface area contributed by atoms with Crippen molar-refractivity contribution in [3.63, 3.8) is 0 Å². The van der Waals surface area contributed by atoms with E-state index < -0.39 is 45.8 Å². The Morgan fingerprint density at radius 3 is 2.05 bits per heavy atom. The lowest BCUT2D eigenvalue weighted by molar-refractivity contribution is 0.0119. The van der Waals surface area contributed by atoms with Crippen LogP contribution in [0.4, 0.5) is 24.2 Å². The summed E-state index contributed by atoms with van der Waals surface area (Å²) in [5.41, 5.74) is 5.69. The molecule has 2 aliphatic heterocycles. The Kier molecular flexibility index (Phi) is 19.2. The van der Waals surface area contributed by atoms with Crippen LogP contribution in [-0.4, -0.2) is 129 Å². The lowest BCUT2D eigenvalue weighted by Crippen LogP contribution is -2.55. The summed E-state index contributed by atoms with van der Waals surface area (Å²) in [7, 11) is -5.00. The third-order valence-corrected chi connectivity index (χ3v) is 30.1. The van der Waals surface area contributed by atoms with Crippen molar-refractivity contribution < 1.29 is 37.0 Å². The Hall–Kier alpha value is -6.35. The van der Waals surface area contributed by atoms with Gasteiger partial charge in [0, 0.05) is 74.9 Å². The number of ether oxygens (including phenoxy) is 3. The number of aromatic nitrogens is 3. The van der Waals surface area contributed by atoms with Gasteiger partial charge in [-0.15, -0.1) is 5.54 Å². The Morgan fingerprint density at radius 1 is 0.807 bits per heavy atom. The van der Waals surface area contributed by atoms with Crippen molar-refractivity contribution in [3.05, 3.63) is 83.6 Å². The fraction of sp³-hybridized carbons (Fsp3) is 0.569. The molecule has 83 heavy (non-hydrogen) atoms. The fourth-order valence-electron chi connectivity index (χ4n) is 13.5. The molecule has 1 aliphatic carbocycles. The second kappa shape index (κ2) is 25.5. The first-order valence-electron chi connectivity index (χ1n) is 30.0. The Labute approximate surface area is 493 Å². The molecule has 2 amide bonds. The van der Waals surface area contributed by atoms with Crippen LogP contribution in [0.2, 0.25) is 33.2 Å². The van der Waals surface area contributed by atoms with Gasteiger partial charge in [-0.1, -0.05) is 125 Å². The summed E-state index contributed by atoms with van der Waals surface area (Å²) in [5.74, 6) is 3.05. The number of halogens is 2. The minimum absolute atomic E-state index is 0.00553. The maximum Gasteiger partial charge on any atom is 0.410 e. The number of piperazine rings is 2. The number of carbonyl (C=O) groups excluding carboxylic acids is 2. The van der Waals surface area contributed by atoms with Crippen LogP contribution in [-0.2, 0) is 16.1 Å². The molecule has 0 radical (unpaired) electrons. The molecule has 2 aromatic heterocycles. The number of hydrogen-bond acceptors (Lipinski definition) is 12. The number of hydrogen-bond donors (Lipinski definition) is 0. The zero-order valence-electron chi connectivity index (χ0n) is 51.8. The summed E-state index contributed by atoms with van der Waals surface area (Å²) >= 11 is 0. The summed E-state index contributed by atoms with van der Waals surface area (Å²) in [5, 5.41) is 11.5. The number of benzene rings is 3. The van der Waals surface area contributed by atoms with Gasteiger partial charge in [-0.05, 0) is 96.0 Å². The number of pyridine rings is 1. The quantitative estimate of drug-likeness (QED) is 0.0608. The van der Waals surface area contributed by atoms with Crippen LogP contribution in [0.5, 0.6) is 11.8 Å². The lowest BCUT2D eigenvalue weighted by Gasteiger charge is -2.42. The van der Waals surface area contributed by atoms with Crippen LogP contribution in [0.25, 0.3) is 32.9 Å². The van der Waals surface area contributed by atoms with Crippen LogP contribution < -0.4 is 14.1 Å². The molecule has 1 atom stereocenters. The molecule has 3 aromatic carbocycles. The molecule has 446 valence electrons. The standard InChI is InChI=1S/C65H88F2N8O6Si2/c1-42(2)82(43(3)4,44(5)6)34-24-52-55(66)22-21-49-35-51(81-83(45(7)8,46(9)10)47(11)12)36-53(56(49)52)58-57(67)59-54(37-69-58)60(74-32-33-75(50(38-74)23-27-68)63(77)78-39-48-19-17-16-18-20-48)71-61(70-59)79-41-65(25-26-65)40-72-28-30-73(31-29-72)62(76)80-64(13,14)15/h16-22,35-37,42-47,50H,23,25-26,28-33,38-41H2,1-15H3/t50-/m0/s1. The molecule has 2 saturated heterocycles. The average molecular weight is 1170 g/mol. The fourth-order valence-corrected chi connectivity index (χ4v) is 23.9. The summed E-state index contributed by atoms with van der Waals surface area (Å²) in [6.07, 6.45) is 2.52. The predicted octanol–water partition coefficient (Wildman–Crippen LogP) is 14.7. The number of amides is 2. The zero-order chi connectivity index (χ0) is 60.3. The number of anilines is 1. The maximum absolute atomic E-state index is 18.6. The second-order valence-electron chi connectivity index (χ2n) is 26.3. The average Bonchev–Trinajstić information content (AvgIpc) is 3.57. The van der Waals surface area contributed by atoms with Crippen molar-refractivity contribution in [2.24, 2.45) is 5.41 Å². The van der Waals surface area contributed by atoms with Crippen LogP contribution >= 0.6 is 0 Å². The summed E-state index contributed by atoms with van der Waals surface area (Å²) < 4.78 is 61.0. The molecule has 0 bridgehead atoms. The van der Waals surface area contributed by atoms with E-state index >= 15 is 8.78 Å². The second-order valence-corrected chi connectivity index (χ2v) is 37.3. The van der Waals surface area contributed by atoms with Crippen molar-refractivity contribution in [3.8, 4) is 40.6 Å². The maximum atomic E-state index is 18.6. The van der Waals surface area contributed by atoms with E-state index in [9.17, 15) is 14.9 Å². The van der Waals surface area contributed by atoms with Crippen LogP contribution in [0.1, 0.15) is 134 Å². The molecule has 8 rings (SSSR count). The first kappa shape index (κ1) is 62.7. The highest BCUT2D eigenvalue weighted by Crippen LogP contribution is 2.48. The topological polar surface area (TPSA) is 146 Å². The molecule has 18 heteroatoms. The molecule has 1 saturated carbocycles. The molecule has 0 spiro atoms. The molecular formula is C65H88F2N8O6Si2. The first-order valence-corrected chi connectivity index (χ1v) is 34.4. The van der Waals surface area contributed by atoms with Gasteiger partial charge in [0.2, 0.25) is 0 Å². The third-order valence-electron chi connectivity index (χ3n) is 17.8. The van der Waals surface area contributed by atoms with E-state index in [-0.39, 0.29) is 107 Å². The van der Waals surface area contributed by atoms with Gasteiger partial charge < -0.3 is 33.3 Å². The van der Waals surface area contributed by atoms with E-state index in [0.29, 0.717) is 59.5 Å². The Morgan fingerprint density at radius 2 is 1.46 bits per heavy atom. The van der Waals surface area contributed by atoms with Gasteiger partial charge in [-0.2, -0.15) is 15.2 Å². The first-order chi connectivity index (χ1) is 39.2. The van der Waals surface area contributed by atoms with Gasteiger partial charge >= 0.3 is 18.2 Å².